The highest BCUT2D eigenvalue weighted by Gasteiger charge is 2.01. The van der Waals surface area contributed by atoms with E-state index in [1.54, 1.807) is 6.20 Å². The van der Waals surface area contributed by atoms with E-state index in [4.69, 9.17) is 0 Å². The van der Waals surface area contributed by atoms with Crippen molar-refractivity contribution < 1.29 is 0 Å². The molecule has 0 aliphatic carbocycles. The van der Waals surface area contributed by atoms with E-state index in [9.17, 15) is 0 Å². The molecule has 0 amide bonds. The fraction of sp³-hybridized carbons (Fsp3) is 0.133. The van der Waals surface area contributed by atoms with Crippen molar-refractivity contribution in [2.75, 3.05) is 5.32 Å². The summed E-state index contributed by atoms with van der Waals surface area (Å²) in [6.07, 6.45) is 5.49. The van der Waals surface area contributed by atoms with Crippen LogP contribution in [0.25, 0.3) is 10.9 Å². The summed E-state index contributed by atoms with van der Waals surface area (Å²) < 4.78 is 0. The number of hydrogen-bond acceptors (Lipinski definition) is 4. The number of benzene rings is 1. The summed E-state index contributed by atoms with van der Waals surface area (Å²) in [5, 5.41) is 4.29. The molecule has 4 heteroatoms. The molecule has 0 bridgehead atoms. The minimum absolute atomic E-state index is 0.648. The van der Waals surface area contributed by atoms with Crippen molar-refractivity contribution in [1.82, 2.24) is 15.0 Å². The van der Waals surface area contributed by atoms with Crippen LogP contribution in [0.5, 0.6) is 0 Å². The van der Waals surface area contributed by atoms with Gasteiger partial charge in [-0.25, -0.2) is 9.97 Å². The van der Waals surface area contributed by atoms with Gasteiger partial charge in [0.2, 0.25) is 5.95 Å². The van der Waals surface area contributed by atoms with Gasteiger partial charge >= 0.3 is 0 Å². The topological polar surface area (TPSA) is 50.7 Å². The van der Waals surface area contributed by atoms with Crippen LogP contribution < -0.4 is 5.32 Å². The molecule has 0 aliphatic heterocycles. The zero-order chi connectivity index (χ0) is 13.1. The van der Waals surface area contributed by atoms with Crippen molar-refractivity contribution in [3.05, 3.63) is 60.0 Å². The second kappa shape index (κ2) is 5.02. The molecule has 0 unspecified atom stereocenters. The maximum Gasteiger partial charge on any atom is 0.223 e. The maximum absolute atomic E-state index is 4.48. The first-order valence-electron chi connectivity index (χ1n) is 6.18. The first-order valence-corrected chi connectivity index (χ1v) is 6.18. The second-order valence-corrected chi connectivity index (χ2v) is 4.41. The van der Waals surface area contributed by atoms with E-state index in [1.807, 2.05) is 49.6 Å². The van der Waals surface area contributed by atoms with Crippen molar-refractivity contribution in [2.45, 2.75) is 13.5 Å². The Labute approximate surface area is 111 Å². The summed E-state index contributed by atoms with van der Waals surface area (Å²) in [5.41, 5.74) is 3.31. The summed E-state index contributed by atoms with van der Waals surface area (Å²) >= 11 is 0. The summed E-state index contributed by atoms with van der Waals surface area (Å²) in [5.74, 6) is 0.648. The van der Waals surface area contributed by atoms with Crippen LogP contribution in [0.15, 0.2) is 48.9 Å². The van der Waals surface area contributed by atoms with Crippen molar-refractivity contribution in [1.29, 1.82) is 0 Å². The minimum atomic E-state index is 0.648. The van der Waals surface area contributed by atoms with E-state index in [0.717, 1.165) is 16.5 Å². The number of fused-ring (bicyclic) bond motifs is 1. The summed E-state index contributed by atoms with van der Waals surface area (Å²) in [4.78, 5) is 12.9. The van der Waals surface area contributed by atoms with Gasteiger partial charge in [0, 0.05) is 30.5 Å². The number of nitrogens with one attached hydrogen (secondary N) is 1. The standard InChI is InChI=1S/C15H14N4/c1-11-8-16-7-6-12(11)9-17-15-18-10-13-4-2-3-5-14(13)19-15/h2-8,10H,9H2,1H3,(H,17,18,19). The quantitative estimate of drug-likeness (QED) is 0.776. The molecule has 0 saturated carbocycles. The van der Waals surface area contributed by atoms with E-state index >= 15 is 0 Å². The van der Waals surface area contributed by atoms with E-state index < -0.39 is 0 Å². The highest BCUT2D eigenvalue weighted by atomic mass is 15.1. The predicted molar refractivity (Wildman–Crippen MR) is 75.8 cm³/mol. The fourth-order valence-corrected chi connectivity index (χ4v) is 1.93. The lowest BCUT2D eigenvalue weighted by atomic mass is 10.1. The summed E-state index contributed by atoms with van der Waals surface area (Å²) in [6.45, 7) is 2.75. The highest BCUT2D eigenvalue weighted by molar-refractivity contribution is 5.78. The van der Waals surface area contributed by atoms with Crippen LogP contribution in [0.4, 0.5) is 5.95 Å². The smallest absolute Gasteiger partial charge is 0.223 e. The molecular formula is C15H14N4. The van der Waals surface area contributed by atoms with Crippen LogP contribution in [0.2, 0.25) is 0 Å². The zero-order valence-corrected chi connectivity index (χ0v) is 10.7. The van der Waals surface area contributed by atoms with Crippen LogP contribution in [0.3, 0.4) is 0 Å². The molecule has 4 nitrogen and oxygen atoms in total. The van der Waals surface area contributed by atoms with Crippen molar-refractivity contribution in [3.63, 3.8) is 0 Å². The van der Waals surface area contributed by atoms with Crippen molar-refractivity contribution in [2.24, 2.45) is 0 Å². The van der Waals surface area contributed by atoms with Gasteiger partial charge in [0.05, 0.1) is 5.52 Å². The molecule has 0 saturated heterocycles. The van der Waals surface area contributed by atoms with E-state index in [1.165, 1.54) is 5.56 Å². The molecule has 0 fully saturated rings. The van der Waals surface area contributed by atoms with Crippen LogP contribution >= 0.6 is 0 Å². The lowest BCUT2D eigenvalue weighted by molar-refractivity contribution is 1.04. The van der Waals surface area contributed by atoms with Gasteiger partial charge in [-0.1, -0.05) is 18.2 Å². The number of aryl methyl sites for hydroxylation is 1. The lowest BCUT2D eigenvalue weighted by Crippen LogP contribution is -2.04. The molecule has 0 spiro atoms. The monoisotopic (exact) mass is 250 g/mol. The number of nitrogens with zero attached hydrogens (tertiary/aromatic N) is 3. The molecule has 2 heterocycles. The number of aromatic nitrogens is 3. The average molecular weight is 250 g/mol. The normalized spacial score (nSPS) is 10.6. The molecule has 0 aliphatic rings. The molecule has 2 aromatic heterocycles. The Morgan fingerprint density at radius 3 is 2.89 bits per heavy atom. The fourth-order valence-electron chi connectivity index (χ4n) is 1.93. The number of pyridine rings is 1. The third kappa shape index (κ3) is 2.52. The first kappa shape index (κ1) is 11.6. The second-order valence-electron chi connectivity index (χ2n) is 4.41. The van der Waals surface area contributed by atoms with Gasteiger partial charge in [0.15, 0.2) is 0 Å². The van der Waals surface area contributed by atoms with Crippen LogP contribution in [0, 0.1) is 6.92 Å². The third-order valence-corrected chi connectivity index (χ3v) is 3.06. The van der Waals surface area contributed by atoms with Gasteiger partial charge in [-0.2, -0.15) is 0 Å². The summed E-state index contributed by atoms with van der Waals surface area (Å²) in [6, 6.07) is 9.96. The molecule has 3 aromatic rings. The number of hydrogen-bond donors (Lipinski definition) is 1. The molecule has 94 valence electrons. The molecule has 3 rings (SSSR count). The average Bonchev–Trinajstić information content (AvgIpc) is 2.46. The van der Waals surface area contributed by atoms with Gasteiger partial charge in [-0.05, 0) is 30.2 Å². The Bertz CT molecular complexity index is 709. The Morgan fingerprint density at radius 1 is 1.11 bits per heavy atom. The molecule has 1 aromatic carbocycles. The van der Waals surface area contributed by atoms with E-state index in [2.05, 4.69) is 20.3 Å². The zero-order valence-electron chi connectivity index (χ0n) is 10.7. The van der Waals surface area contributed by atoms with Crippen molar-refractivity contribution in [3.8, 4) is 0 Å². The van der Waals surface area contributed by atoms with Crippen LogP contribution in [0.1, 0.15) is 11.1 Å². The Morgan fingerprint density at radius 2 is 2.00 bits per heavy atom. The van der Waals surface area contributed by atoms with Crippen LogP contribution in [-0.4, -0.2) is 15.0 Å². The SMILES string of the molecule is Cc1cnccc1CNc1ncc2ccccc2n1. The third-order valence-electron chi connectivity index (χ3n) is 3.06. The molecule has 19 heavy (non-hydrogen) atoms. The first-order chi connectivity index (χ1) is 9.33. The van der Waals surface area contributed by atoms with Gasteiger partial charge in [0.1, 0.15) is 0 Å². The molecule has 1 N–H and O–H groups in total. The number of para-hydroxylation sites is 1. The number of rotatable bonds is 3. The van der Waals surface area contributed by atoms with E-state index in [-0.39, 0.29) is 0 Å². The highest BCUT2D eigenvalue weighted by Crippen LogP contribution is 2.13. The van der Waals surface area contributed by atoms with E-state index in [0.29, 0.717) is 12.5 Å². The number of anilines is 1. The van der Waals surface area contributed by atoms with Gasteiger partial charge in [0.25, 0.3) is 0 Å². The predicted octanol–water partition coefficient (Wildman–Crippen LogP) is 2.95. The summed E-state index contributed by atoms with van der Waals surface area (Å²) in [7, 11) is 0. The Balaban J connectivity index is 1.80. The van der Waals surface area contributed by atoms with Gasteiger partial charge < -0.3 is 5.32 Å². The molecular weight excluding hydrogens is 236 g/mol. The van der Waals surface area contributed by atoms with Gasteiger partial charge in [-0.15, -0.1) is 0 Å². The van der Waals surface area contributed by atoms with Crippen molar-refractivity contribution >= 4 is 16.9 Å². The van der Waals surface area contributed by atoms with Crippen LogP contribution in [-0.2, 0) is 6.54 Å². The Kier molecular flexibility index (Phi) is 3.06. The minimum Gasteiger partial charge on any atom is -0.350 e. The molecule has 0 atom stereocenters. The van der Waals surface area contributed by atoms with Gasteiger partial charge in [-0.3, -0.25) is 4.98 Å². The maximum atomic E-state index is 4.48. The largest absolute Gasteiger partial charge is 0.350 e. The Hall–Kier alpha value is -2.49. The molecule has 0 radical (unpaired) electrons. The lowest BCUT2D eigenvalue weighted by Gasteiger charge is -2.07.